The lowest BCUT2D eigenvalue weighted by Crippen LogP contribution is -2.36. The number of nitrogens with zero attached hydrogens (tertiary/aromatic N) is 2. The lowest BCUT2D eigenvalue weighted by molar-refractivity contribution is -0.138. The van der Waals surface area contributed by atoms with E-state index in [9.17, 15) is 9.18 Å². The van der Waals surface area contributed by atoms with Crippen molar-refractivity contribution >= 4 is 39.1 Å². The number of hydrogen-bond acceptors (Lipinski definition) is 7. The third-order valence-electron chi connectivity index (χ3n) is 3.72. The van der Waals surface area contributed by atoms with Crippen molar-refractivity contribution < 1.29 is 13.9 Å². The fraction of sp³-hybridized carbons (Fsp3) is 0.235. The molecule has 1 aliphatic heterocycles. The molecule has 0 radical (unpaired) electrons. The van der Waals surface area contributed by atoms with Crippen LogP contribution in [-0.2, 0) is 9.53 Å². The number of nitrogens with two attached hydrogens (primary N) is 1. The molecular weight excluding hydrogens is 423 g/mol. The van der Waals surface area contributed by atoms with E-state index in [1.165, 1.54) is 23.5 Å². The number of amidine groups is 1. The Kier molecular flexibility index (Phi) is 5.80. The van der Waals surface area contributed by atoms with Gasteiger partial charge in [0.25, 0.3) is 0 Å². The highest BCUT2D eigenvalue weighted by atomic mass is 79.9. The summed E-state index contributed by atoms with van der Waals surface area (Å²) in [5.41, 5.74) is 7.32. The lowest BCUT2D eigenvalue weighted by Gasteiger charge is -2.27. The fourth-order valence-electron chi connectivity index (χ4n) is 2.60. The molecule has 2 aromatic rings. The smallest absolute Gasteiger partial charge is 0.338 e. The minimum absolute atomic E-state index is 0.0911. The van der Waals surface area contributed by atoms with E-state index in [0.29, 0.717) is 32.1 Å². The lowest BCUT2D eigenvalue weighted by atomic mass is 9.95. The highest BCUT2D eigenvalue weighted by Gasteiger charge is 2.33. The Hall–Kier alpha value is -2.10. The zero-order valence-corrected chi connectivity index (χ0v) is 16.2. The van der Waals surface area contributed by atoms with E-state index < -0.39 is 12.0 Å². The van der Waals surface area contributed by atoms with E-state index in [4.69, 9.17) is 10.5 Å². The molecule has 0 saturated carbocycles. The van der Waals surface area contributed by atoms with Crippen molar-refractivity contribution in [3.8, 4) is 0 Å². The molecule has 1 aliphatic rings. The molecule has 0 saturated heterocycles. The van der Waals surface area contributed by atoms with E-state index in [1.807, 2.05) is 5.38 Å². The van der Waals surface area contributed by atoms with Crippen LogP contribution in [0.4, 0.5) is 4.39 Å². The van der Waals surface area contributed by atoms with Crippen LogP contribution < -0.4 is 11.1 Å². The van der Waals surface area contributed by atoms with Gasteiger partial charge in [-0.25, -0.2) is 14.2 Å². The summed E-state index contributed by atoms with van der Waals surface area (Å²) in [4.78, 5) is 21.5. The van der Waals surface area contributed by atoms with Crippen LogP contribution in [-0.4, -0.2) is 29.9 Å². The summed E-state index contributed by atoms with van der Waals surface area (Å²) in [7, 11) is 0. The van der Waals surface area contributed by atoms with Gasteiger partial charge in [-0.2, -0.15) is 0 Å². The number of benzene rings is 1. The molecule has 3 rings (SSSR count). The first-order valence-electron chi connectivity index (χ1n) is 7.85. The molecule has 1 aromatic carbocycles. The molecular formula is C17H16BrFN4O2S. The minimum atomic E-state index is -0.692. The van der Waals surface area contributed by atoms with Crippen LogP contribution in [0.2, 0.25) is 0 Å². The Balaban J connectivity index is 2.15. The van der Waals surface area contributed by atoms with E-state index >= 15 is 0 Å². The molecule has 0 aliphatic carbocycles. The average molecular weight is 439 g/mol. The second kappa shape index (κ2) is 8.07. The fourth-order valence-corrected chi connectivity index (χ4v) is 3.76. The molecule has 0 bridgehead atoms. The standard InChI is InChI=1S/C17H16BrFN4O2S/c1-2-25-17(24)13-12(8-20)22-15(16-21-5-6-26-16)23-14(13)10-4-3-9(19)7-11(10)18/h3-7,14H,2,8,20H2,1H3,(H,22,23)/t14-/m0/s1. The predicted molar refractivity (Wildman–Crippen MR) is 101 cm³/mol. The first kappa shape index (κ1) is 18.7. The van der Waals surface area contributed by atoms with Crippen LogP contribution >= 0.6 is 27.3 Å². The third-order valence-corrected chi connectivity index (χ3v) is 5.18. The van der Waals surface area contributed by atoms with Gasteiger partial charge < -0.3 is 15.8 Å². The van der Waals surface area contributed by atoms with Crippen LogP contribution in [0.15, 0.2) is 50.5 Å². The summed E-state index contributed by atoms with van der Waals surface area (Å²) in [5.74, 6) is -0.391. The van der Waals surface area contributed by atoms with Crippen molar-refractivity contribution in [1.82, 2.24) is 10.3 Å². The maximum absolute atomic E-state index is 13.5. The summed E-state index contributed by atoms with van der Waals surface area (Å²) in [6, 6.07) is 3.56. The van der Waals surface area contributed by atoms with Gasteiger partial charge in [-0.05, 0) is 24.6 Å². The van der Waals surface area contributed by atoms with E-state index in [1.54, 1.807) is 19.2 Å². The summed E-state index contributed by atoms with van der Waals surface area (Å²) >= 11 is 4.77. The van der Waals surface area contributed by atoms with Crippen LogP contribution in [0.25, 0.3) is 0 Å². The van der Waals surface area contributed by atoms with Gasteiger partial charge in [0.1, 0.15) is 11.9 Å². The van der Waals surface area contributed by atoms with Gasteiger partial charge in [-0.1, -0.05) is 22.0 Å². The molecule has 0 amide bonds. The van der Waals surface area contributed by atoms with Crippen LogP contribution in [0.5, 0.6) is 0 Å². The predicted octanol–water partition coefficient (Wildman–Crippen LogP) is 2.91. The number of halogens is 2. The molecule has 3 N–H and O–H groups in total. The highest BCUT2D eigenvalue weighted by molar-refractivity contribution is 9.10. The molecule has 0 spiro atoms. The molecule has 0 fully saturated rings. The number of carbonyl (C=O) groups is 1. The Labute approximate surface area is 162 Å². The number of thiazole rings is 1. The molecule has 2 heterocycles. The topological polar surface area (TPSA) is 89.6 Å². The number of esters is 1. The van der Waals surface area contributed by atoms with Gasteiger partial charge in [-0.15, -0.1) is 11.3 Å². The Morgan fingerprint density at radius 1 is 1.50 bits per heavy atom. The van der Waals surface area contributed by atoms with Gasteiger partial charge in [0.15, 0.2) is 10.8 Å². The second-order valence-electron chi connectivity index (χ2n) is 5.33. The van der Waals surface area contributed by atoms with Crippen molar-refractivity contribution in [2.24, 2.45) is 10.7 Å². The highest BCUT2D eigenvalue weighted by Crippen LogP contribution is 2.36. The van der Waals surface area contributed by atoms with Crippen molar-refractivity contribution in [2.75, 3.05) is 13.2 Å². The number of aromatic nitrogens is 1. The minimum Gasteiger partial charge on any atom is -0.463 e. The van der Waals surface area contributed by atoms with Gasteiger partial charge >= 0.3 is 5.97 Å². The molecule has 136 valence electrons. The molecule has 9 heteroatoms. The Morgan fingerprint density at radius 3 is 2.92 bits per heavy atom. The van der Waals surface area contributed by atoms with Crippen molar-refractivity contribution in [1.29, 1.82) is 0 Å². The normalized spacial score (nSPS) is 16.9. The first-order chi connectivity index (χ1) is 12.5. The van der Waals surface area contributed by atoms with Crippen molar-refractivity contribution in [3.05, 3.63) is 61.9 Å². The van der Waals surface area contributed by atoms with E-state index in [0.717, 1.165) is 0 Å². The molecule has 1 aromatic heterocycles. The second-order valence-corrected chi connectivity index (χ2v) is 7.07. The van der Waals surface area contributed by atoms with Crippen molar-refractivity contribution in [2.45, 2.75) is 13.0 Å². The zero-order chi connectivity index (χ0) is 18.7. The molecule has 1 atom stereocenters. The summed E-state index contributed by atoms with van der Waals surface area (Å²) in [5, 5.41) is 5.58. The Bertz CT molecular complexity index is 883. The van der Waals surface area contributed by atoms with Gasteiger partial charge in [0.2, 0.25) is 0 Å². The average Bonchev–Trinajstić information content (AvgIpc) is 3.15. The van der Waals surface area contributed by atoms with E-state index in [2.05, 4.69) is 31.2 Å². The number of rotatable bonds is 5. The van der Waals surface area contributed by atoms with Crippen LogP contribution in [0.1, 0.15) is 23.5 Å². The summed E-state index contributed by atoms with van der Waals surface area (Å²) in [6.07, 6.45) is 1.67. The monoisotopic (exact) mass is 438 g/mol. The van der Waals surface area contributed by atoms with Crippen LogP contribution in [0.3, 0.4) is 0 Å². The number of carbonyl (C=O) groups excluding carboxylic acids is 1. The van der Waals surface area contributed by atoms with Gasteiger partial charge in [-0.3, -0.25) is 4.99 Å². The van der Waals surface area contributed by atoms with Crippen LogP contribution in [0, 0.1) is 5.82 Å². The zero-order valence-electron chi connectivity index (χ0n) is 13.8. The largest absolute Gasteiger partial charge is 0.463 e. The maximum atomic E-state index is 13.5. The first-order valence-corrected chi connectivity index (χ1v) is 9.52. The Morgan fingerprint density at radius 2 is 2.31 bits per heavy atom. The summed E-state index contributed by atoms with van der Waals surface area (Å²) < 4.78 is 19.2. The van der Waals surface area contributed by atoms with Gasteiger partial charge in [0, 0.05) is 28.3 Å². The summed E-state index contributed by atoms with van der Waals surface area (Å²) in [6.45, 7) is 2.04. The molecule has 0 unspecified atom stereocenters. The quantitative estimate of drug-likeness (QED) is 0.700. The number of aliphatic imine (C=N–C) groups is 1. The SMILES string of the molecule is CCOC(=O)C1=C(CN)NC(c2nccs2)=N[C@H]1c1ccc(F)cc1Br. The maximum Gasteiger partial charge on any atom is 0.338 e. The van der Waals surface area contributed by atoms with Crippen molar-refractivity contribution in [3.63, 3.8) is 0 Å². The van der Waals surface area contributed by atoms with Gasteiger partial charge in [0.05, 0.1) is 12.2 Å². The number of ether oxygens (including phenoxy) is 1. The number of hydrogen-bond donors (Lipinski definition) is 2. The third kappa shape index (κ3) is 3.69. The van der Waals surface area contributed by atoms with E-state index in [-0.39, 0.29) is 19.0 Å². The number of nitrogens with one attached hydrogen (secondary N) is 1. The molecule has 6 nitrogen and oxygen atoms in total. The molecule has 26 heavy (non-hydrogen) atoms.